The number of benzene rings is 2. The average Bonchev–Trinajstić information content (AvgIpc) is 3.25. The molecule has 0 bridgehead atoms. The van der Waals surface area contributed by atoms with E-state index in [1.807, 2.05) is 11.8 Å². The monoisotopic (exact) mass is 494 g/mol. The second-order valence-electron chi connectivity index (χ2n) is 8.48. The van der Waals surface area contributed by atoms with Crippen molar-refractivity contribution in [1.29, 1.82) is 0 Å². The molecule has 0 aromatic heterocycles. The van der Waals surface area contributed by atoms with E-state index >= 15 is 0 Å². The Balaban J connectivity index is 1.33. The van der Waals surface area contributed by atoms with Gasteiger partial charge in [-0.25, -0.2) is 0 Å². The van der Waals surface area contributed by atoms with Crippen molar-refractivity contribution in [3.05, 3.63) is 65.0 Å². The van der Waals surface area contributed by atoms with Crippen molar-refractivity contribution >= 4 is 11.4 Å². The first-order chi connectivity index (χ1) is 16.6. The molecular formula is C23H25F3N4O5. The molecule has 188 valence electrons. The van der Waals surface area contributed by atoms with Crippen LogP contribution in [0.3, 0.4) is 0 Å². The Morgan fingerprint density at radius 2 is 1.71 bits per heavy atom. The highest BCUT2D eigenvalue weighted by atomic mass is 19.4. The third-order valence-electron chi connectivity index (χ3n) is 5.71. The van der Waals surface area contributed by atoms with Gasteiger partial charge in [0, 0.05) is 50.1 Å². The summed E-state index contributed by atoms with van der Waals surface area (Å²) >= 11 is 0. The van der Waals surface area contributed by atoms with E-state index in [1.54, 1.807) is 24.5 Å². The smallest absolute Gasteiger partial charge is 0.490 e. The molecule has 0 saturated carbocycles. The molecule has 12 heteroatoms. The Morgan fingerprint density at radius 1 is 1.09 bits per heavy atom. The maximum absolute atomic E-state index is 12.3. The first-order valence-electron chi connectivity index (χ1n) is 11.0. The number of nitrogens with one attached hydrogen (secondary N) is 2. The highest BCUT2D eigenvalue weighted by Gasteiger charge is 2.31. The number of rotatable bonds is 8. The van der Waals surface area contributed by atoms with E-state index in [4.69, 9.17) is 9.47 Å². The quantitative estimate of drug-likeness (QED) is 0.414. The highest BCUT2D eigenvalue weighted by molar-refractivity contribution is 5.60. The molecule has 4 rings (SSSR count). The van der Waals surface area contributed by atoms with Crippen LogP contribution in [0.2, 0.25) is 0 Å². The van der Waals surface area contributed by atoms with E-state index in [0.717, 1.165) is 0 Å². The minimum absolute atomic E-state index is 0.114. The van der Waals surface area contributed by atoms with Gasteiger partial charge in [0.25, 0.3) is 0 Å². The van der Waals surface area contributed by atoms with Gasteiger partial charge < -0.3 is 29.7 Å². The predicted molar refractivity (Wildman–Crippen MR) is 121 cm³/mol. The van der Waals surface area contributed by atoms with Crippen molar-refractivity contribution in [3.63, 3.8) is 0 Å². The van der Waals surface area contributed by atoms with E-state index in [-0.39, 0.29) is 29.9 Å². The van der Waals surface area contributed by atoms with Gasteiger partial charge >= 0.3 is 12.0 Å². The third-order valence-corrected chi connectivity index (χ3v) is 5.71. The van der Waals surface area contributed by atoms with Gasteiger partial charge in [-0.1, -0.05) is 0 Å². The largest absolute Gasteiger partial charge is 0.573 e. The number of nitrogens with zero attached hydrogens (tertiary/aromatic N) is 2. The normalized spacial score (nSPS) is 17.4. The van der Waals surface area contributed by atoms with Crippen molar-refractivity contribution in [3.8, 4) is 17.2 Å². The predicted octanol–water partition coefficient (Wildman–Crippen LogP) is 4.30. The summed E-state index contributed by atoms with van der Waals surface area (Å²) < 4.78 is 52.4. The topological polar surface area (TPSA) is 98.1 Å². The fourth-order valence-electron chi connectivity index (χ4n) is 3.91. The molecular weight excluding hydrogens is 469 g/mol. The summed E-state index contributed by atoms with van der Waals surface area (Å²) in [5, 5.41) is 17.8. The van der Waals surface area contributed by atoms with Crippen molar-refractivity contribution < 1.29 is 32.3 Å². The van der Waals surface area contributed by atoms with Crippen molar-refractivity contribution in [1.82, 2.24) is 10.6 Å². The van der Waals surface area contributed by atoms with Gasteiger partial charge in [-0.15, -0.1) is 13.2 Å². The van der Waals surface area contributed by atoms with Crippen LogP contribution in [0.1, 0.15) is 19.8 Å². The van der Waals surface area contributed by atoms with E-state index in [9.17, 15) is 23.3 Å². The number of nitro groups is 1. The summed E-state index contributed by atoms with van der Waals surface area (Å²) in [6.45, 7) is 3.28. The summed E-state index contributed by atoms with van der Waals surface area (Å²) in [6, 6.07) is 10.2. The van der Waals surface area contributed by atoms with Gasteiger partial charge in [0.05, 0.1) is 4.92 Å². The lowest BCUT2D eigenvalue weighted by molar-refractivity contribution is -0.385. The van der Waals surface area contributed by atoms with Gasteiger partial charge in [-0.2, -0.15) is 0 Å². The summed E-state index contributed by atoms with van der Waals surface area (Å²) in [7, 11) is 0. The second-order valence-corrected chi connectivity index (χ2v) is 8.48. The molecule has 9 nitrogen and oxygen atoms in total. The van der Waals surface area contributed by atoms with E-state index in [1.165, 1.54) is 30.3 Å². The van der Waals surface area contributed by atoms with Crippen LogP contribution in [0.4, 0.5) is 24.5 Å². The lowest BCUT2D eigenvalue weighted by Gasteiger charge is -2.33. The first-order valence-corrected chi connectivity index (χ1v) is 11.0. The zero-order valence-electron chi connectivity index (χ0n) is 18.9. The number of hydrogen-bond donors (Lipinski definition) is 2. The zero-order chi connectivity index (χ0) is 25.1. The maximum Gasteiger partial charge on any atom is 0.573 e. The molecule has 0 amide bonds. The number of nitro benzene ring substituents is 1. The van der Waals surface area contributed by atoms with E-state index in [0.29, 0.717) is 37.4 Å². The number of alkyl halides is 3. The molecule has 2 heterocycles. The van der Waals surface area contributed by atoms with Crippen molar-refractivity contribution in [2.75, 3.05) is 24.6 Å². The minimum Gasteiger partial charge on any atom is -0.490 e. The van der Waals surface area contributed by atoms with Crippen LogP contribution >= 0.6 is 0 Å². The first kappa shape index (κ1) is 24.3. The lowest BCUT2D eigenvalue weighted by atomic mass is 10.1. The molecule has 2 N–H and O–H groups in total. The van der Waals surface area contributed by atoms with Crippen molar-refractivity contribution in [2.24, 2.45) is 0 Å². The molecule has 2 aliphatic rings. The Hall–Kier alpha value is -3.83. The van der Waals surface area contributed by atoms with E-state index in [2.05, 4.69) is 15.4 Å². The molecule has 0 radical (unpaired) electrons. The summed E-state index contributed by atoms with van der Waals surface area (Å²) in [6.07, 6.45) is -0.0873. The molecule has 0 atom stereocenters. The van der Waals surface area contributed by atoms with Crippen LogP contribution < -0.4 is 29.7 Å². The molecule has 2 aliphatic heterocycles. The molecule has 0 unspecified atom stereocenters. The summed E-state index contributed by atoms with van der Waals surface area (Å²) in [5.41, 5.74) is 0.0536. The van der Waals surface area contributed by atoms with Crippen molar-refractivity contribution in [2.45, 2.75) is 37.9 Å². The van der Waals surface area contributed by atoms with Crippen LogP contribution in [0.5, 0.6) is 17.2 Å². The Bertz CT molecular complexity index is 1060. The zero-order valence-corrected chi connectivity index (χ0v) is 18.9. The molecule has 1 fully saturated rings. The SMILES string of the molecule is CC1(COc2ccc(N3CCC(Oc4ccc(OC(F)(F)F)cc4)CC3)cc2[N+](=O)[O-])NC=CN1. The van der Waals surface area contributed by atoms with Crippen LogP contribution in [0, 0.1) is 10.1 Å². The van der Waals surface area contributed by atoms with Crippen LogP contribution in [0.25, 0.3) is 0 Å². The fraction of sp³-hybridized carbons (Fsp3) is 0.391. The van der Waals surface area contributed by atoms with Gasteiger partial charge in [-0.05, 0) is 43.3 Å². The van der Waals surface area contributed by atoms with Gasteiger partial charge in [0.15, 0.2) is 5.75 Å². The molecule has 0 spiro atoms. The number of halogens is 3. The highest BCUT2D eigenvalue weighted by Crippen LogP contribution is 2.34. The molecule has 1 saturated heterocycles. The Morgan fingerprint density at radius 3 is 2.31 bits per heavy atom. The average molecular weight is 494 g/mol. The lowest BCUT2D eigenvalue weighted by Crippen LogP contribution is -2.50. The number of anilines is 1. The number of piperidine rings is 1. The summed E-state index contributed by atoms with van der Waals surface area (Å²) in [5.74, 6) is 0.326. The van der Waals surface area contributed by atoms with Gasteiger partial charge in [0.2, 0.25) is 0 Å². The maximum atomic E-state index is 12.3. The fourth-order valence-corrected chi connectivity index (χ4v) is 3.91. The van der Waals surface area contributed by atoms with Crippen LogP contribution in [0.15, 0.2) is 54.9 Å². The van der Waals surface area contributed by atoms with Gasteiger partial charge in [0.1, 0.15) is 29.9 Å². The Labute approximate surface area is 199 Å². The van der Waals surface area contributed by atoms with Gasteiger partial charge in [-0.3, -0.25) is 10.1 Å². The standard InChI is InChI=1S/C23H25F3N4O5/c1-22(27-10-11-28-22)15-33-21-7-2-16(14-20(21)30(31)32)29-12-8-18(9-13-29)34-17-3-5-19(6-4-17)35-23(24,25)26/h2-7,10-11,14,18,27-28H,8-9,12-13,15H2,1H3. The molecule has 2 aromatic carbocycles. The number of hydrogen-bond acceptors (Lipinski definition) is 8. The minimum atomic E-state index is -4.74. The molecule has 35 heavy (non-hydrogen) atoms. The Kier molecular flexibility index (Phi) is 6.81. The molecule has 2 aromatic rings. The number of ether oxygens (including phenoxy) is 3. The molecule has 0 aliphatic carbocycles. The summed E-state index contributed by atoms with van der Waals surface area (Å²) in [4.78, 5) is 13.2. The second kappa shape index (κ2) is 9.80. The third kappa shape index (κ3) is 6.40. The van der Waals surface area contributed by atoms with E-state index < -0.39 is 16.9 Å². The van der Waals surface area contributed by atoms with Crippen LogP contribution in [-0.4, -0.2) is 42.7 Å². The van der Waals surface area contributed by atoms with Crippen LogP contribution in [-0.2, 0) is 0 Å².